The van der Waals surface area contributed by atoms with Gasteiger partial charge >= 0.3 is 11.8 Å². The molecule has 50 heavy (non-hydrogen) atoms. The maximum Gasteiger partial charge on any atom is 0.311 e. The maximum atomic E-state index is 14.7. The van der Waals surface area contributed by atoms with E-state index in [1.165, 1.54) is 25.1 Å². The monoisotopic (exact) mass is 688 g/mol. The quantitative estimate of drug-likeness (QED) is 0.276. The van der Waals surface area contributed by atoms with Gasteiger partial charge in [-0.3, -0.25) is 23.7 Å². The number of aryl methyl sites for hydroxylation is 1. The van der Waals surface area contributed by atoms with Crippen molar-refractivity contribution in [2.24, 2.45) is 5.41 Å². The number of likely N-dealkylation sites (N-methyl/N-ethyl adjacent to an activating group) is 1. The Morgan fingerprint density at radius 1 is 1.04 bits per heavy atom. The summed E-state index contributed by atoms with van der Waals surface area (Å²) in [6.07, 6.45) is 3.92. The van der Waals surface area contributed by atoms with Gasteiger partial charge in [-0.2, -0.15) is 0 Å². The third-order valence-corrected chi connectivity index (χ3v) is 10.3. The highest BCUT2D eigenvalue weighted by Gasteiger charge is 2.52. The summed E-state index contributed by atoms with van der Waals surface area (Å²) in [5, 5.41) is 9.51. The van der Waals surface area contributed by atoms with Crippen molar-refractivity contribution in [3.05, 3.63) is 92.9 Å². The molecule has 0 unspecified atom stereocenters. The van der Waals surface area contributed by atoms with Crippen LogP contribution in [0.2, 0.25) is 0 Å². The van der Waals surface area contributed by atoms with Gasteiger partial charge < -0.3 is 30.3 Å². The Morgan fingerprint density at radius 2 is 1.76 bits per heavy atom. The van der Waals surface area contributed by atoms with Gasteiger partial charge in [0.15, 0.2) is 5.69 Å². The van der Waals surface area contributed by atoms with E-state index in [2.05, 4.69) is 16.0 Å². The molecule has 0 atom stereocenters. The van der Waals surface area contributed by atoms with Crippen molar-refractivity contribution >= 4 is 17.7 Å². The zero-order valence-corrected chi connectivity index (χ0v) is 28.9. The lowest BCUT2D eigenvalue weighted by atomic mass is 9.68. The molecule has 0 spiro atoms. The zero-order chi connectivity index (χ0) is 35.5. The molecule has 12 nitrogen and oxygen atoms in total. The second kappa shape index (κ2) is 14.7. The van der Waals surface area contributed by atoms with E-state index in [0.717, 1.165) is 18.4 Å². The standard InChI is InChI=1S/C37H45FN6O6/c1-24-19-26(9-10-28(24)38)20-39-31(45)29-30(50-21-25-7-5-4-6-8-25)33(47)44-23-36(22-40-27-11-17-49-18-12-27)13-15-37(16-14-36,35(44)41-29)42-32(46)34(48)43(2)3/h4-10,19,27,40H,11-18,20-23H2,1-3H3,(H,39,45)(H,42,46). The smallest absolute Gasteiger partial charge is 0.311 e. The number of nitrogens with zero attached hydrogens (tertiary/aromatic N) is 3. The lowest BCUT2D eigenvalue weighted by Gasteiger charge is -2.43. The van der Waals surface area contributed by atoms with E-state index in [1.54, 1.807) is 23.6 Å². The number of halogens is 1. The highest BCUT2D eigenvalue weighted by atomic mass is 19.1. The fourth-order valence-electron chi connectivity index (χ4n) is 7.22. The van der Waals surface area contributed by atoms with Crippen LogP contribution in [-0.4, -0.2) is 72.1 Å². The minimum Gasteiger partial charge on any atom is -0.481 e. The molecule has 2 bridgehead atoms. The molecule has 2 fully saturated rings. The first kappa shape index (κ1) is 35.2. The van der Waals surface area contributed by atoms with Crippen molar-refractivity contribution in [2.45, 2.75) is 76.7 Å². The Balaban J connectivity index is 1.41. The number of carbonyl (C=O) groups is 3. The fourth-order valence-corrected chi connectivity index (χ4v) is 7.22. The molecule has 0 radical (unpaired) electrons. The van der Waals surface area contributed by atoms with Gasteiger partial charge in [-0.05, 0) is 68.2 Å². The van der Waals surface area contributed by atoms with Gasteiger partial charge in [0, 0.05) is 58.4 Å². The molecule has 13 heteroatoms. The van der Waals surface area contributed by atoms with E-state index in [-0.39, 0.29) is 41.7 Å². The zero-order valence-electron chi connectivity index (χ0n) is 28.9. The number of aromatic nitrogens is 2. The summed E-state index contributed by atoms with van der Waals surface area (Å²) in [5.74, 6) is -2.53. The van der Waals surface area contributed by atoms with E-state index in [0.29, 0.717) is 69.2 Å². The Kier molecular flexibility index (Phi) is 10.4. The van der Waals surface area contributed by atoms with Crippen molar-refractivity contribution in [1.82, 2.24) is 30.4 Å². The van der Waals surface area contributed by atoms with Gasteiger partial charge in [0.1, 0.15) is 18.2 Å². The van der Waals surface area contributed by atoms with E-state index >= 15 is 0 Å². The molecule has 1 aromatic heterocycles. The molecule has 3 N–H and O–H groups in total. The summed E-state index contributed by atoms with van der Waals surface area (Å²) in [7, 11) is 3.00. The number of carbonyl (C=O) groups excluding carboxylic acids is 3. The third-order valence-electron chi connectivity index (χ3n) is 10.3. The van der Waals surface area contributed by atoms with Crippen molar-refractivity contribution in [1.29, 1.82) is 0 Å². The molecule has 7 rings (SSSR count). The van der Waals surface area contributed by atoms with Crippen LogP contribution < -0.4 is 26.2 Å². The Bertz CT molecular complexity index is 1800. The lowest BCUT2D eigenvalue weighted by molar-refractivity contribution is -0.145. The first-order valence-electron chi connectivity index (χ1n) is 17.2. The molecule has 1 aliphatic carbocycles. The number of benzene rings is 2. The van der Waals surface area contributed by atoms with Crippen LogP contribution in [0.15, 0.2) is 53.3 Å². The molecule has 1 saturated carbocycles. The van der Waals surface area contributed by atoms with Gasteiger partial charge in [-0.25, -0.2) is 9.37 Å². The highest BCUT2D eigenvalue weighted by molar-refractivity contribution is 6.35. The van der Waals surface area contributed by atoms with Gasteiger partial charge in [0.05, 0.1) is 5.54 Å². The molecule has 266 valence electrons. The molecule has 4 aliphatic rings. The number of nitrogens with one attached hydrogen (secondary N) is 3. The van der Waals surface area contributed by atoms with Crippen LogP contribution >= 0.6 is 0 Å². The van der Waals surface area contributed by atoms with E-state index in [4.69, 9.17) is 14.5 Å². The Labute approximate surface area is 290 Å². The third kappa shape index (κ3) is 7.43. The molecule has 1 saturated heterocycles. The average molecular weight is 689 g/mol. The fraction of sp³-hybridized carbons (Fsp3) is 0.486. The number of fused-ring (bicyclic) bond motifs is 2. The minimum atomic E-state index is -1.18. The second-order valence-electron chi connectivity index (χ2n) is 14.0. The van der Waals surface area contributed by atoms with Crippen molar-refractivity contribution in [3.8, 4) is 5.75 Å². The molecule has 3 aromatic rings. The van der Waals surface area contributed by atoms with Crippen LogP contribution in [-0.2, 0) is 39.6 Å². The molecule has 4 heterocycles. The van der Waals surface area contributed by atoms with Crippen LogP contribution in [0.4, 0.5) is 4.39 Å². The number of ether oxygens (including phenoxy) is 2. The van der Waals surface area contributed by atoms with Gasteiger partial charge in [0.2, 0.25) is 5.75 Å². The van der Waals surface area contributed by atoms with E-state index in [9.17, 15) is 23.6 Å². The van der Waals surface area contributed by atoms with Crippen molar-refractivity contribution < 1.29 is 28.2 Å². The predicted molar refractivity (Wildman–Crippen MR) is 183 cm³/mol. The van der Waals surface area contributed by atoms with Crippen LogP contribution in [0.1, 0.15) is 71.5 Å². The second-order valence-corrected chi connectivity index (χ2v) is 14.0. The average Bonchev–Trinajstić information content (AvgIpc) is 3.34. The number of hydrogen-bond donors (Lipinski definition) is 3. The van der Waals surface area contributed by atoms with Crippen LogP contribution in [0.25, 0.3) is 0 Å². The lowest BCUT2D eigenvalue weighted by Crippen LogP contribution is -2.54. The SMILES string of the molecule is Cc1cc(CNC(=O)c2nc3n(c(=O)c2OCc2ccccc2)CC2(CNC4CCOCC4)CCC3(NC(=O)C(=O)N(C)C)CC2)ccc1F. The van der Waals surface area contributed by atoms with Gasteiger partial charge in [-0.1, -0.05) is 42.5 Å². The van der Waals surface area contributed by atoms with Crippen molar-refractivity contribution in [3.63, 3.8) is 0 Å². The summed E-state index contributed by atoms with van der Waals surface area (Å²) in [6, 6.07) is 14.1. The summed E-state index contributed by atoms with van der Waals surface area (Å²) in [4.78, 5) is 60.8. The normalized spacial score (nSPS) is 21.5. The number of amides is 3. The summed E-state index contributed by atoms with van der Waals surface area (Å²) < 4.78 is 27.2. The van der Waals surface area contributed by atoms with Gasteiger partial charge in [-0.15, -0.1) is 0 Å². The summed E-state index contributed by atoms with van der Waals surface area (Å²) in [5.41, 5.74) is -0.390. The summed E-state index contributed by atoms with van der Waals surface area (Å²) >= 11 is 0. The van der Waals surface area contributed by atoms with Crippen molar-refractivity contribution in [2.75, 3.05) is 33.9 Å². The topological polar surface area (TPSA) is 144 Å². The molecular weight excluding hydrogens is 643 g/mol. The van der Waals surface area contributed by atoms with E-state index in [1.807, 2.05) is 30.3 Å². The van der Waals surface area contributed by atoms with Crippen LogP contribution in [0.3, 0.4) is 0 Å². The van der Waals surface area contributed by atoms with Crippen LogP contribution in [0.5, 0.6) is 5.75 Å². The highest BCUT2D eigenvalue weighted by Crippen LogP contribution is 2.49. The molecule has 3 amide bonds. The first-order valence-corrected chi connectivity index (χ1v) is 17.2. The molecular formula is C37H45FN6O6. The first-order chi connectivity index (χ1) is 24.0. The molecule has 3 aliphatic heterocycles. The Hall–Kier alpha value is -4.62. The summed E-state index contributed by atoms with van der Waals surface area (Å²) in [6.45, 7) is 4.04. The Morgan fingerprint density at radius 3 is 2.44 bits per heavy atom. The van der Waals surface area contributed by atoms with Gasteiger partial charge in [0.25, 0.3) is 11.5 Å². The molecule has 2 aromatic carbocycles. The largest absolute Gasteiger partial charge is 0.481 e. The predicted octanol–water partition coefficient (Wildman–Crippen LogP) is 2.94. The van der Waals surface area contributed by atoms with E-state index < -0.39 is 28.8 Å². The minimum absolute atomic E-state index is 0.0181. The number of hydrogen-bond acceptors (Lipinski definition) is 8. The number of rotatable bonds is 10. The maximum absolute atomic E-state index is 14.7. The van der Waals surface area contributed by atoms with Crippen LogP contribution in [0, 0.1) is 18.2 Å².